The van der Waals surface area contributed by atoms with E-state index in [0.717, 1.165) is 23.4 Å². The van der Waals surface area contributed by atoms with Crippen LogP contribution in [0.4, 0.5) is 0 Å². The predicted molar refractivity (Wildman–Crippen MR) is 111 cm³/mol. The van der Waals surface area contributed by atoms with Crippen molar-refractivity contribution in [1.82, 2.24) is 10.2 Å². The number of carbonyl (C=O) groups is 2. The standard InChI is InChI=1S/C23H26N2O3/c1-23(2)14-17-10-11-18(28-5)12-19(17)20(24-23)13-21(26)15-6-8-16(9-7-15)22(27)25(3)4/h6-13,24H,14H2,1-5H3. The molecule has 5 heteroatoms. The number of nitrogens with zero attached hydrogens (tertiary/aromatic N) is 1. The topological polar surface area (TPSA) is 58.6 Å². The number of allylic oxidation sites excluding steroid dienone is 1. The zero-order valence-corrected chi connectivity index (χ0v) is 17.0. The quantitative estimate of drug-likeness (QED) is 0.653. The molecular formula is C23H26N2O3. The van der Waals surface area contributed by atoms with E-state index in [1.165, 1.54) is 10.5 Å². The number of nitrogens with one attached hydrogen (secondary N) is 1. The number of ether oxygens (including phenoxy) is 1. The van der Waals surface area contributed by atoms with E-state index in [1.54, 1.807) is 51.5 Å². The third-order valence-electron chi connectivity index (χ3n) is 4.81. The van der Waals surface area contributed by atoms with Crippen LogP contribution >= 0.6 is 0 Å². The summed E-state index contributed by atoms with van der Waals surface area (Å²) >= 11 is 0. The minimum absolute atomic E-state index is 0.0888. The number of fused-ring (bicyclic) bond motifs is 1. The Kier molecular flexibility index (Phi) is 5.27. The van der Waals surface area contributed by atoms with Crippen molar-refractivity contribution < 1.29 is 14.3 Å². The molecule has 0 fully saturated rings. The largest absolute Gasteiger partial charge is 0.497 e. The van der Waals surface area contributed by atoms with E-state index in [2.05, 4.69) is 25.2 Å². The van der Waals surface area contributed by atoms with Crippen molar-refractivity contribution in [2.45, 2.75) is 25.8 Å². The van der Waals surface area contributed by atoms with Gasteiger partial charge >= 0.3 is 0 Å². The van der Waals surface area contributed by atoms with E-state index >= 15 is 0 Å². The van der Waals surface area contributed by atoms with Crippen molar-refractivity contribution in [2.24, 2.45) is 0 Å². The summed E-state index contributed by atoms with van der Waals surface area (Å²) in [6.07, 6.45) is 2.49. The highest BCUT2D eigenvalue weighted by Gasteiger charge is 2.28. The van der Waals surface area contributed by atoms with Crippen LogP contribution in [0.3, 0.4) is 0 Å². The molecule has 1 aliphatic heterocycles. The van der Waals surface area contributed by atoms with Crippen molar-refractivity contribution in [2.75, 3.05) is 21.2 Å². The molecule has 0 aliphatic carbocycles. The summed E-state index contributed by atoms with van der Waals surface area (Å²) in [5, 5.41) is 3.47. The highest BCUT2D eigenvalue weighted by molar-refractivity contribution is 6.09. The molecule has 3 rings (SSSR count). The molecule has 0 radical (unpaired) electrons. The maximum absolute atomic E-state index is 12.9. The van der Waals surface area contributed by atoms with Gasteiger partial charge in [0.2, 0.25) is 0 Å². The Labute approximate surface area is 166 Å². The Hall–Kier alpha value is -3.08. The molecule has 0 saturated heterocycles. The summed E-state index contributed by atoms with van der Waals surface area (Å²) in [4.78, 5) is 26.4. The van der Waals surface area contributed by atoms with Gasteiger partial charge in [0.25, 0.3) is 5.91 Å². The third kappa shape index (κ3) is 4.09. The second-order valence-electron chi connectivity index (χ2n) is 7.91. The van der Waals surface area contributed by atoms with Crippen LogP contribution in [0.1, 0.15) is 45.7 Å². The molecule has 146 valence electrons. The van der Waals surface area contributed by atoms with Gasteiger partial charge in [0.05, 0.1) is 7.11 Å². The predicted octanol–water partition coefficient (Wildman–Crippen LogP) is 3.55. The number of hydrogen-bond donors (Lipinski definition) is 1. The van der Waals surface area contributed by atoms with Crippen LogP contribution in [0.2, 0.25) is 0 Å². The number of rotatable bonds is 4. The van der Waals surface area contributed by atoms with Gasteiger partial charge in [-0.15, -0.1) is 0 Å². The number of carbonyl (C=O) groups excluding carboxylic acids is 2. The molecule has 1 aliphatic rings. The van der Waals surface area contributed by atoms with E-state index in [-0.39, 0.29) is 17.2 Å². The van der Waals surface area contributed by atoms with E-state index in [4.69, 9.17) is 4.74 Å². The number of ketones is 1. The Bertz CT molecular complexity index is 941. The molecular weight excluding hydrogens is 352 g/mol. The van der Waals surface area contributed by atoms with Crippen molar-refractivity contribution in [3.05, 3.63) is 70.8 Å². The van der Waals surface area contributed by atoms with Crippen LogP contribution < -0.4 is 10.1 Å². The maximum Gasteiger partial charge on any atom is 0.253 e. The van der Waals surface area contributed by atoms with Crippen LogP contribution in [0.15, 0.2) is 48.5 Å². The fourth-order valence-corrected chi connectivity index (χ4v) is 3.40. The number of benzene rings is 2. The van der Waals surface area contributed by atoms with Gasteiger partial charge in [-0.2, -0.15) is 0 Å². The Morgan fingerprint density at radius 2 is 1.71 bits per heavy atom. The Morgan fingerprint density at radius 3 is 2.32 bits per heavy atom. The van der Waals surface area contributed by atoms with Gasteiger partial charge < -0.3 is 15.0 Å². The monoisotopic (exact) mass is 378 g/mol. The lowest BCUT2D eigenvalue weighted by Gasteiger charge is -2.35. The number of hydrogen-bond acceptors (Lipinski definition) is 4. The summed E-state index contributed by atoms with van der Waals surface area (Å²) in [5.74, 6) is 0.553. The summed E-state index contributed by atoms with van der Waals surface area (Å²) in [6, 6.07) is 12.7. The maximum atomic E-state index is 12.9. The normalized spacial score (nSPS) is 16.1. The van der Waals surface area contributed by atoms with E-state index in [1.807, 2.05) is 12.1 Å². The zero-order chi connectivity index (χ0) is 20.5. The first-order valence-electron chi connectivity index (χ1n) is 9.23. The summed E-state index contributed by atoms with van der Waals surface area (Å²) in [6.45, 7) is 4.22. The van der Waals surface area contributed by atoms with Gasteiger partial charge in [0, 0.05) is 48.1 Å². The molecule has 0 atom stereocenters. The molecule has 28 heavy (non-hydrogen) atoms. The van der Waals surface area contributed by atoms with Crippen molar-refractivity contribution >= 4 is 17.4 Å². The molecule has 2 aromatic rings. The smallest absolute Gasteiger partial charge is 0.253 e. The Morgan fingerprint density at radius 1 is 1.07 bits per heavy atom. The number of amides is 1. The second kappa shape index (κ2) is 7.50. The summed E-state index contributed by atoms with van der Waals surface area (Å²) in [7, 11) is 5.04. The van der Waals surface area contributed by atoms with Crippen molar-refractivity contribution in [1.29, 1.82) is 0 Å². The molecule has 0 saturated carbocycles. The molecule has 0 spiro atoms. The molecule has 0 unspecified atom stereocenters. The van der Waals surface area contributed by atoms with Crippen LogP contribution in [0, 0.1) is 0 Å². The fraction of sp³-hybridized carbons (Fsp3) is 0.304. The summed E-state index contributed by atoms with van der Waals surface area (Å²) < 4.78 is 5.35. The highest BCUT2D eigenvalue weighted by Crippen LogP contribution is 2.32. The van der Waals surface area contributed by atoms with Gasteiger partial charge in [-0.3, -0.25) is 9.59 Å². The van der Waals surface area contributed by atoms with Gasteiger partial charge in [-0.25, -0.2) is 0 Å². The van der Waals surface area contributed by atoms with Crippen LogP contribution in [-0.2, 0) is 6.42 Å². The van der Waals surface area contributed by atoms with Gasteiger partial charge in [-0.1, -0.05) is 18.2 Å². The second-order valence-corrected chi connectivity index (χ2v) is 7.91. The first-order valence-corrected chi connectivity index (χ1v) is 9.23. The minimum atomic E-state index is -0.157. The minimum Gasteiger partial charge on any atom is -0.497 e. The van der Waals surface area contributed by atoms with E-state index in [9.17, 15) is 9.59 Å². The van der Waals surface area contributed by atoms with Gasteiger partial charge in [0.15, 0.2) is 5.78 Å². The lowest BCUT2D eigenvalue weighted by atomic mass is 9.85. The average Bonchev–Trinajstić information content (AvgIpc) is 2.66. The molecule has 1 heterocycles. The van der Waals surface area contributed by atoms with Gasteiger partial charge in [-0.05, 0) is 50.1 Å². The first kappa shape index (κ1) is 19.7. The molecule has 1 amide bonds. The number of methoxy groups -OCH3 is 1. The summed E-state index contributed by atoms with van der Waals surface area (Å²) in [5.41, 5.74) is 3.87. The SMILES string of the molecule is COc1ccc2c(c1)C(=CC(=O)c1ccc(C(=O)N(C)C)cc1)NC(C)(C)C2. The average molecular weight is 378 g/mol. The van der Waals surface area contributed by atoms with Gasteiger partial charge in [0.1, 0.15) is 5.75 Å². The van der Waals surface area contributed by atoms with Crippen LogP contribution in [0.25, 0.3) is 5.70 Å². The molecule has 5 nitrogen and oxygen atoms in total. The zero-order valence-electron chi connectivity index (χ0n) is 17.0. The van der Waals surface area contributed by atoms with E-state index in [0.29, 0.717) is 11.1 Å². The lowest BCUT2D eigenvalue weighted by molar-refractivity contribution is 0.0827. The fourth-order valence-electron chi connectivity index (χ4n) is 3.40. The van der Waals surface area contributed by atoms with Crippen molar-refractivity contribution in [3.63, 3.8) is 0 Å². The third-order valence-corrected chi connectivity index (χ3v) is 4.81. The Balaban J connectivity index is 1.94. The molecule has 0 aromatic heterocycles. The first-order chi connectivity index (χ1) is 13.2. The molecule has 1 N–H and O–H groups in total. The van der Waals surface area contributed by atoms with Crippen LogP contribution in [-0.4, -0.2) is 43.3 Å². The van der Waals surface area contributed by atoms with Crippen molar-refractivity contribution in [3.8, 4) is 5.75 Å². The highest BCUT2D eigenvalue weighted by atomic mass is 16.5. The molecule has 2 aromatic carbocycles. The lowest BCUT2D eigenvalue weighted by Crippen LogP contribution is -2.43. The van der Waals surface area contributed by atoms with E-state index < -0.39 is 0 Å². The van der Waals surface area contributed by atoms with Crippen LogP contribution in [0.5, 0.6) is 5.75 Å². The molecule has 0 bridgehead atoms.